The van der Waals surface area contributed by atoms with Crippen LogP contribution in [0.1, 0.15) is 29.8 Å². The molecule has 0 saturated heterocycles. The van der Waals surface area contributed by atoms with Crippen LogP contribution in [0.4, 0.5) is 4.39 Å². The molecule has 0 bridgehead atoms. The Hall–Kier alpha value is -2.82. The van der Waals surface area contributed by atoms with Crippen LogP contribution in [0.3, 0.4) is 0 Å². The summed E-state index contributed by atoms with van der Waals surface area (Å²) in [5.74, 6) is 0.696. The highest BCUT2D eigenvalue weighted by Crippen LogP contribution is 2.28. The molecule has 0 aromatic heterocycles. The Bertz CT molecular complexity index is 802. The predicted octanol–water partition coefficient (Wildman–Crippen LogP) is 4.41. The summed E-state index contributed by atoms with van der Waals surface area (Å²) in [6, 6.07) is 11.7. The van der Waals surface area contributed by atoms with E-state index < -0.39 is 0 Å². The maximum absolute atomic E-state index is 13.7. The van der Waals surface area contributed by atoms with Crippen molar-refractivity contribution in [2.45, 2.75) is 13.8 Å². The molecule has 1 amide bonds. The minimum absolute atomic E-state index is 0.144. The summed E-state index contributed by atoms with van der Waals surface area (Å²) in [5, 5.41) is 0. The molecule has 2 rings (SSSR count). The van der Waals surface area contributed by atoms with E-state index >= 15 is 0 Å². The van der Waals surface area contributed by atoms with E-state index in [-0.39, 0.29) is 11.7 Å². The van der Waals surface area contributed by atoms with Gasteiger partial charge in [-0.2, -0.15) is 0 Å². The topological polar surface area (TPSA) is 38.8 Å². The van der Waals surface area contributed by atoms with Gasteiger partial charge in [0.25, 0.3) is 5.91 Å². The molecule has 0 saturated carbocycles. The molecular formula is C21H24FNO3. The molecule has 0 atom stereocenters. The molecule has 2 aromatic carbocycles. The molecule has 0 N–H and O–H groups in total. The SMILES string of the molecule is CCOc1cc(C(=O)N(C)C/C(C)=C/c2ccccc2F)ccc1OC. The van der Waals surface area contributed by atoms with Crippen molar-refractivity contribution in [1.82, 2.24) is 4.90 Å². The lowest BCUT2D eigenvalue weighted by molar-refractivity contribution is 0.0806. The van der Waals surface area contributed by atoms with Gasteiger partial charge in [-0.1, -0.05) is 29.8 Å². The normalized spacial score (nSPS) is 11.2. The van der Waals surface area contributed by atoms with Crippen molar-refractivity contribution < 1.29 is 18.7 Å². The number of hydrogen-bond donors (Lipinski definition) is 0. The van der Waals surface area contributed by atoms with Crippen molar-refractivity contribution in [3.8, 4) is 11.5 Å². The van der Waals surface area contributed by atoms with Crippen LogP contribution in [0, 0.1) is 5.82 Å². The van der Waals surface area contributed by atoms with Crippen molar-refractivity contribution in [3.05, 3.63) is 65.0 Å². The number of benzene rings is 2. The second kappa shape index (κ2) is 9.04. The zero-order chi connectivity index (χ0) is 19.1. The molecule has 5 heteroatoms. The first kappa shape index (κ1) is 19.5. The van der Waals surface area contributed by atoms with Gasteiger partial charge < -0.3 is 14.4 Å². The van der Waals surface area contributed by atoms with Gasteiger partial charge in [-0.15, -0.1) is 0 Å². The van der Waals surface area contributed by atoms with Crippen molar-refractivity contribution >= 4 is 12.0 Å². The predicted molar refractivity (Wildman–Crippen MR) is 101 cm³/mol. The number of amides is 1. The van der Waals surface area contributed by atoms with Crippen LogP contribution >= 0.6 is 0 Å². The summed E-state index contributed by atoms with van der Waals surface area (Å²) in [6.07, 6.45) is 1.75. The van der Waals surface area contributed by atoms with E-state index in [1.54, 1.807) is 61.5 Å². The van der Waals surface area contributed by atoms with Crippen molar-refractivity contribution in [2.24, 2.45) is 0 Å². The van der Waals surface area contributed by atoms with Crippen LogP contribution in [-0.4, -0.2) is 38.1 Å². The number of halogens is 1. The van der Waals surface area contributed by atoms with Crippen LogP contribution in [-0.2, 0) is 0 Å². The van der Waals surface area contributed by atoms with Gasteiger partial charge in [0.15, 0.2) is 11.5 Å². The van der Waals surface area contributed by atoms with Gasteiger partial charge in [0, 0.05) is 24.7 Å². The molecule has 0 aliphatic heterocycles. The average Bonchev–Trinajstić information content (AvgIpc) is 2.63. The Labute approximate surface area is 153 Å². The second-order valence-corrected chi connectivity index (χ2v) is 5.97. The van der Waals surface area contributed by atoms with Crippen LogP contribution in [0.25, 0.3) is 6.08 Å². The smallest absolute Gasteiger partial charge is 0.254 e. The van der Waals surface area contributed by atoms with Gasteiger partial charge in [-0.25, -0.2) is 4.39 Å². The number of carbonyl (C=O) groups is 1. The highest BCUT2D eigenvalue weighted by Gasteiger charge is 2.15. The van der Waals surface area contributed by atoms with E-state index in [0.29, 0.717) is 35.8 Å². The number of nitrogens with zero attached hydrogens (tertiary/aromatic N) is 1. The molecule has 2 aromatic rings. The quantitative estimate of drug-likeness (QED) is 0.737. The first-order valence-electron chi connectivity index (χ1n) is 8.44. The molecule has 0 unspecified atom stereocenters. The Morgan fingerprint density at radius 3 is 2.58 bits per heavy atom. The monoisotopic (exact) mass is 357 g/mol. The van der Waals surface area contributed by atoms with Gasteiger partial charge in [0.1, 0.15) is 5.82 Å². The molecule has 0 heterocycles. The maximum Gasteiger partial charge on any atom is 0.254 e. The highest BCUT2D eigenvalue weighted by atomic mass is 19.1. The van der Waals surface area contributed by atoms with Gasteiger partial charge in [-0.05, 0) is 38.1 Å². The summed E-state index contributed by atoms with van der Waals surface area (Å²) in [5.41, 5.74) is 1.90. The van der Waals surface area contributed by atoms with E-state index in [4.69, 9.17) is 9.47 Å². The molecule has 0 spiro atoms. The Morgan fingerprint density at radius 1 is 1.19 bits per heavy atom. The molecular weight excluding hydrogens is 333 g/mol. The summed E-state index contributed by atoms with van der Waals surface area (Å²) in [4.78, 5) is 14.3. The number of methoxy groups -OCH3 is 1. The summed E-state index contributed by atoms with van der Waals surface area (Å²) in [7, 11) is 3.27. The fourth-order valence-electron chi connectivity index (χ4n) is 2.65. The van der Waals surface area contributed by atoms with Gasteiger partial charge in [-0.3, -0.25) is 4.79 Å². The first-order valence-corrected chi connectivity index (χ1v) is 8.44. The van der Waals surface area contributed by atoms with E-state index in [1.807, 2.05) is 13.8 Å². The second-order valence-electron chi connectivity index (χ2n) is 5.97. The minimum Gasteiger partial charge on any atom is -0.493 e. The molecule has 0 fully saturated rings. The summed E-state index contributed by atoms with van der Waals surface area (Å²) >= 11 is 0. The Balaban J connectivity index is 2.14. The third-order valence-electron chi connectivity index (χ3n) is 3.85. The zero-order valence-corrected chi connectivity index (χ0v) is 15.6. The average molecular weight is 357 g/mol. The number of ether oxygens (including phenoxy) is 2. The van der Waals surface area contributed by atoms with Crippen LogP contribution in [0.2, 0.25) is 0 Å². The minimum atomic E-state index is -0.280. The molecule has 138 valence electrons. The van der Waals surface area contributed by atoms with E-state index in [2.05, 4.69) is 0 Å². The van der Waals surface area contributed by atoms with Crippen molar-refractivity contribution in [1.29, 1.82) is 0 Å². The fraction of sp³-hybridized carbons (Fsp3) is 0.286. The third kappa shape index (κ3) is 4.85. The summed E-state index contributed by atoms with van der Waals surface area (Å²) in [6.45, 7) is 4.62. The van der Waals surface area contributed by atoms with Gasteiger partial charge in [0.05, 0.1) is 13.7 Å². The summed E-state index contributed by atoms with van der Waals surface area (Å²) < 4.78 is 24.5. The van der Waals surface area contributed by atoms with Gasteiger partial charge in [0.2, 0.25) is 0 Å². The molecule has 0 radical (unpaired) electrons. The fourth-order valence-corrected chi connectivity index (χ4v) is 2.65. The maximum atomic E-state index is 13.7. The van der Waals surface area contributed by atoms with E-state index in [0.717, 1.165) is 5.57 Å². The number of carbonyl (C=O) groups excluding carboxylic acids is 1. The first-order chi connectivity index (χ1) is 12.5. The van der Waals surface area contributed by atoms with Gasteiger partial charge >= 0.3 is 0 Å². The number of rotatable bonds is 7. The molecule has 0 aliphatic carbocycles. The van der Waals surface area contributed by atoms with Crippen LogP contribution in [0.5, 0.6) is 11.5 Å². The highest BCUT2D eigenvalue weighted by molar-refractivity contribution is 5.95. The van der Waals surface area contributed by atoms with E-state index in [1.165, 1.54) is 6.07 Å². The van der Waals surface area contributed by atoms with Crippen LogP contribution < -0.4 is 9.47 Å². The largest absolute Gasteiger partial charge is 0.493 e. The van der Waals surface area contributed by atoms with Crippen LogP contribution in [0.15, 0.2) is 48.0 Å². The lowest BCUT2D eigenvalue weighted by Gasteiger charge is -2.19. The Kier molecular flexibility index (Phi) is 6.78. The van der Waals surface area contributed by atoms with Crippen molar-refractivity contribution in [3.63, 3.8) is 0 Å². The number of hydrogen-bond acceptors (Lipinski definition) is 3. The lowest BCUT2D eigenvalue weighted by Crippen LogP contribution is -2.28. The van der Waals surface area contributed by atoms with E-state index in [9.17, 15) is 9.18 Å². The molecule has 4 nitrogen and oxygen atoms in total. The zero-order valence-electron chi connectivity index (χ0n) is 15.6. The standard InChI is InChI=1S/C21H24FNO3/c1-5-26-20-13-17(10-11-19(20)25-4)21(24)23(3)14-15(2)12-16-8-6-7-9-18(16)22/h6-13H,5,14H2,1-4H3/b15-12+. The van der Waals surface area contributed by atoms with Crippen molar-refractivity contribution in [2.75, 3.05) is 27.3 Å². The Morgan fingerprint density at radius 2 is 1.92 bits per heavy atom. The molecule has 0 aliphatic rings. The number of likely N-dealkylation sites (N-methyl/N-ethyl adjacent to an activating group) is 1. The third-order valence-corrected chi connectivity index (χ3v) is 3.85. The molecule has 26 heavy (non-hydrogen) atoms. The lowest BCUT2D eigenvalue weighted by atomic mass is 10.1.